The van der Waals surface area contributed by atoms with Crippen molar-refractivity contribution in [3.8, 4) is 0 Å². The summed E-state index contributed by atoms with van der Waals surface area (Å²) in [7, 11) is 0. The van der Waals surface area contributed by atoms with Crippen LogP contribution in [0.1, 0.15) is 19.3 Å². The van der Waals surface area contributed by atoms with Crippen LogP contribution in [0.2, 0.25) is 0 Å². The third kappa shape index (κ3) is 5.09. The number of alkyl halides is 3. The second-order valence-electron chi connectivity index (χ2n) is 7.81. The van der Waals surface area contributed by atoms with Gasteiger partial charge in [0.1, 0.15) is 5.92 Å². The fourth-order valence-corrected chi connectivity index (χ4v) is 4.13. The predicted octanol–water partition coefficient (Wildman–Crippen LogP) is 1.03. The molecular weight excluding hydrogens is 419 g/mol. The minimum atomic E-state index is -5.36. The Balaban J connectivity index is 1.73. The number of carbonyl (C=O) groups excluding carboxylic acids is 3. The standard InChI is InChI=1S/C20H24F3N3O5/c21-20(22,23)18(29)31-19(30)12-13(16(24)27)6-7-15(19)17(28)26-10-8-25(9-11-26)14-4-2-1-3-5-14/h1-5,13,15,30H,6-12H2,(H2,24,27). The average molecular weight is 443 g/mol. The second-order valence-corrected chi connectivity index (χ2v) is 7.81. The number of anilines is 1. The number of aliphatic hydroxyl groups is 1. The normalized spacial score (nSPS) is 27.0. The molecule has 2 fully saturated rings. The number of esters is 1. The first-order valence-corrected chi connectivity index (χ1v) is 9.92. The Bertz CT molecular complexity index is 827. The number of amides is 2. The Morgan fingerprint density at radius 2 is 1.68 bits per heavy atom. The molecule has 0 bridgehead atoms. The van der Waals surface area contributed by atoms with Crippen molar-refractivity contribution >= 4 is 23.5 Å². The summed E-state index contributed by atoms with van der Waals surface area (Å²) in [4.78, 5) is 39.5. The van der Waals surface area contributed by atoms with Crippen molar-refractivity contribution < 1.29 is 37.4 Å². The number of rotatable bonds is 4. The quantitative estimate of drug-likeness (QED) is 0.531. The van der Waals surface area contributed by atoms with Crippen LogP contribution in [0.15, 0.2) is 30.3 Å². The van der Waals surface area contributed by atoms with Crippen molar-refractivity contribution in [1.82, 2.24) is 4.90 Å². The fraction of sp³-hybridized carbons (Fsp3) is 0.550. The summed E-state index contributed by atoms with van der Waals surface area (Å²) >= 11 is 0. The molecule has 8 nitrogen and oxygen atoms in total. The first-order chi connectivity index (χ1) is 14.5. The van der Waals surface area contributed by atoms with E-state index in [0.29, 0.717) is 13.1 Å². The van der Waals surface area contributed by atoms with Gasteiger partial charge in [-0.05, 0) is 25.0 Å². The van der Waals surface area contributed by atoms with E-state index in [9.17, 15) is 32.7 Å². The highest BCUT2D eigenvalue weighted by Gasteiger charge is 2.55. The molecule has 0 spiro atoms. The van der Waals surface area contributed by atoms with E-state index in [4.69, 9.17) is 5.73 Å². The maximum atomic E-state index is 13.1. The maximum absolute atomic E-state index is 13.1. The van der Waals surface area contributed by atoms with Crippen molar-refractivity contribution in [2.24, 2.45) is 17.6 Å². The zero-order valence-electron chi connectivity index (χ0n) is 16.7. The first kappa shape index (κ1) is 22.9. The van der Waals surface area contributed by atoms with Crippen molar-refractivity contribution in [3.63, 3.8) is 0 Å². The Morgan fingerprint density at radius 3 is 2.23 bits per heavy atom. The number of hydrogen-bond acceptors (Lipinski definition) is 6. The number of para-hydroxylation sites is 1. The monoisotopic (exact) mass is 443 g/mol. The molecule has 0 radical (unpaired) electrons. The highest BCUT2D eigenvalue weighted by atomic mass is 19.4. The largest absolute Gasteiger partial charge is 0.491 e. The number of nitrogens with two attached hydrogens (primary N) is 1. The highest BCUT2D eigenvalue weighted by Crippen LogP contribution is 2.40. The van der Waals surface area contributed by atoms with Gasteiger partial charge in [-0.25, -0.2) is 4.79 Å². The number of ether oxygens (including phenoxy) is 1. The summed E-state index contributed by atoms with van der Waals surface area (Å²) in [6, 6.07) is 9.52. The Kier molecular flexibility index (Phi) is 6.44. The molecule has 3 atom stereocenters. The van der Waals surface area contributed by atoms with Gasteiger partial charge in [-0.3, -0.25) is 9.59 Å². The average Bonchev–Trinajstić information content (AvgIpc) is 2.73. The predicted molar refractivity (Wildman–Crippen MR) is 102 cm³/mol. The van der Waals surface area contributed by atoms with Crippen LogP contribution in [-0.4, -0.2) is 65.9 Å². The van der Waals surface area contributed by atoms with Gasteiger partial charge in [0.05, 0.1) is 0 Å². The lowest BCUT2D eigenvalue weighted by molar-refractivity contribution is -0.272. The molecule has 0 aromatic heterocycles. The molecule has 3 unspecified atom stereocenters. The van der Waals surface area contributed by atoms with Gasteiger partial charge < -0.3 is 25.4 Å². The van der Waals surface area contributed by atoms with E-state index in [1.807, 2.05) is 30.3 Å². The molecule has 1 heterocycles. The third-order valence-electron chi connectivity index (χ3n) is 5.80. The van der Waals surface area contributed by atoms with Crippen LogP contribution in [0, 0.1) is 11.8 Å². The minimum absolute atomic E-state index is 0.0988. The van der Waals surface area contributed by atoms with E-state index >= 15 is 0 Å². The third-order valence-corrected chi connectivity index (χ3v) is 5.80. The molecule has 2 aliphatic rings. The molecule has 1 saturated carbocycles. The Hall–Kier alpha value is -2.82. The van der Waals surface area contributed by atoms with Gasteiger partial charge in [0.15, 0.2) is 0 Å². The molecule has 11 heteroatoms. The molecule has 170 valence electrons. The summed E-state index contributed by atoms with van der Waals surface area (Å²) in [6.07, 6.45) is -6.05. The lowest BCUT2D eigenvalue weighted by Crippen LogP contribution is -2.58. The van der Waals surface area contributed by atoms with Crippen LogP contribution < -0.4 is 10.6 Å². The minimum Gasteiger partial charge on any atom is -0.426 e. The van der Waals surface area contributed by atoms with Crippen LogP contribution in [0.5, 0.6) is 0 Å². The second kappa shape index (κ2) is 8.74. The summed E-state index contributed by atoms with van der Waals surface area (Å²) in [5.41, 5.74) is 6.21. The van der Waals surface area contributed by atoms with Crippen LogP contribution in [0.3, 0.4) is 0 Å². The van der Waals surface area contributed by atoms with Gasteiger partial charge in [0, 0.05) is 44.2 Å². The lowest BCUT2D eigenvalue weighted by atomic mass is 9.76. The molecule has 31 heavy (non-hydrogen) atoms. The molecule has 1 aromatic carbocycles. The smallest absolute Gasteiger partial charge is 0.426 e. The maximum Gasteiger partial charge on any atom is 0.491 e. The molecule has 1 aliphatic heterocycles. The van der Waals surface area contributed by atoms with Gasteiger partial charge in [0.2, 0.25) is 17.6 Å². The zero-order chi connectivity index (χ0) is 22.8. The van der Waals surface area contributed by atoms with E-state index in [0.717, 1.165) is 5.69 Å². The molecule has 3 N–H and O–H groups in total. The van der Waals surface area contributed by atoms with Crippen LogP contribution >= 0.6 is 0 Å². The number of primary amides is 1. The van der Waals surface area contributed by atoms with Gasteiger partial charge in [-0.2, -0.15) is 13.2 Å². The van der Waals surface area contributed by atoms with Crippen LogP contribution in [0.4, 0.5) is 18.9 Å². The van der Waals surface area contributed by atoms with Gasteiger partial charge in [-0.1, -0.05) is 18.2 Å². The number of piperazine rings is 1. The van der Waals surface area contributed by atoms with Crippen molar-refractivity contribution in [3.05, 3.63) is 30.3 Å². The van der Waals surface area contributed by atoms with Crippen LogP contribution in [-0.2, 0) is 19.1 Å². The SMILES string of the molecule is NC(=O)C1CCC(C(=O)N2CCN(c3ccccc3)CC2)C(O)(OC(=O)C(F)(F)F)C1. The number of carbonyl (C=O) groups is 3. The van der Waals surface area contributed by atoms with Gasteiger partial charge in [0.25, 0.3) is 0 Å². The molecule has 3 rings (SSSR count). The van der Waals surface area contributed by atoms with E-state index in [2.05, 4.69) is 9.64 Å². The van der Waals surface area contributed by atoms with Crippen molar-refractivity contribution in [2.75, 3.05) is 31.1 Å². The number of hydrogen-bond donors (Lipinski definition) is 2. The summed E-state index contributed by atoms with van der Waals surface area (Å²) in [6.45, 7) is 1.56. The molecule has 1 saturated heterocycles. The molecule has 2 amide bonds. The van der Waals surface area contributed by atoms with E-state index < -0.39 is 48.0 Å². The molecule has 1 aliphatic carbocycles. The van der Waals surface area contributed by atoms with E-state index in [1.165, 1.54) is 4.90 Å². The van der Waals surface area contributed by atoms with Crippen LogP contribution in [0.25, 0.3) is 0 Å². The first-order valence-electron chi connectivity index (χ1n) is 9.92. The summed E-state index contributed by atoms with van der Waals surface area (Å²) < 4.78 is 42.6. The van der Waals surface area contributed by atoms with Crippen molar-refractivity contribution in [2.45, 2.75) is 31.2 Å². The lowest BCUT2D eigenvalue weighted by Gasteiger charge is -2.44. The summed E-state index contributed by atoms with van der Waals surface area (Å²) in [5, 5.41) is 10.8. The number of benzene rings is 1. The number of halogens is 3. The topological polar surface area (TPSA) is 113 Å². The van der Waals surface area contributed by atoms with Crippen molar-refractivity contribution in [1.29, 1.82) is 0 Å². The summed E-state index contributed by atoms with van der Waals surface area (Å²) in [5.74, 6) is -9.27. The van der Waals surface area contributed by atoms with Gasteiger partial charge in [-0.15, -0.1) is 0 Å². The number of nitrogens with zero attached hydrogens (tertiary/aromatic N) is 2. The molecule has 1 aromatic rings. The molecular formula is C20H24F3N3O5. The highest BCUT2D eigenvalue weighted by molar-refractivity contribution is 5.83. The van der Waals surface area contributed by atoms with Gasteiger partial charge >= 0.3 is 12.1 Å². The zero-order valence-corrected chi connectivity index (χ0v) is 16.7. The Morgan fingerprint density at radius 1 is 1.06 bits per heavy atom. The van der Waals surface area contributed by atoms with E-state index in [1.54, 1.807) is 0 Å². The fourth-order valence-electron chi connectivity index (χ4n) is 4.13. The Labute approximate surface area is 176 Å². The van der Waals surface area contributed by atoms with E-state index in [-0.39, 0.29) is 25.9 Å².